The van der Waals surface area contributed by atoms with Crippen LogP contribution in [0.3, 0.4) is 0 Å². The van der Waals surface area contributed by atoms with Gasteiger partial charge in [-0.15, -0.1) is 0 Å². The summed E-state index contributed by atoms with van der Waals surface area (Å²) in [4.78, 5) is 14.1. The molecule has 1 saturated carbocycles. The number of rotatable bonds is 6. The Bertz CT molecular complexity index is 984. The molecule has 0 amide bonds. The van der Waals surface area contributed by atoms with Gasteiger partial charge in [0.25, 0.3) is 0 Å². The SMILES string of the molecule is CN(c1ncnc2[nH]ccc12)C1CCC(CS(=O)(=O)N2CCC(C(C)(C)O)CC2)CC1. The second kappa shape index (κ2) is 8.67. The number of fused-ring (bicyclic) bond motifs is 1. The molecule has 2 aromatic rings. The lowest BCUT2D eigenvalue weighted by Crippen LogP contribution is -2.46. The number of aliphatic hydroxyl groups is 1. The molecule has 0 atom stereocenters. The molecule has 2 aliphatic rings. The van der Waals surface area contributed by atoms with E-state index in [0.717, 1.165) is 55.4 Å². The van der Waals surface area contributed by atoms with E-state index < -0.39 is 15.6 Å². The van der Waals surface area contributed by atoms with Crippen molar-refractivity contribution in [2.75, 3.05) is 30.8 Å². The molecule has 0 aromatic carbocycles. The molecule has 4 rings (SSSR count). The summed E-state index contributed by atoms with van der Waals surface area (Å²) in [6.07, 6.45) is 8.68. The van der Waals surface area contributed by atoms with E-state index in [-0.39, 0.29) is 17.6 Å². The number of piperidine rings is 1. The van der Waals surface area contributed by atoms with Crippen molar-refractivity contribution in [2.45, 2.75) is 64.0 Å². The first-order valence-electron chi connectivity index (χ1n) is 11.4. The predicted molar refractivity (Wildman–Crippen MR) is 122 cm³/mol. The highest BCUT2D eigenvalue weighted by Gasteiger charge is 2.36. The maximum atomic E-state index is 13.0. The summed E-state index contributed by atoms with van der Waals surface area (Å²) in [6.45, 7) is 4.69. The van der Waals surface area contributed by atoms with E-state index in [4.69, 9.17) is 0 Å². The van der Waals surface area contributed by atoms with Gasteiger partial charge in [-0.2, -0.15) is 0 Å². The molecule has 8 nitrogen and oxygen atoms in total. The van der Waals surface area contributed by atoms with Crippen LogP contribution in [0.1, 0.15) is 52.4 Å². The predicted octanol–water partition coefficient (Wildman–Crippen LogP) is 2.77. The highest BCUT2D eigenvalue weighted by molar-refractivity contribution is 7.89. The van der Waals surface area contributed by atoms with E-state index in [2.05, 4.69) is 26.9 Å². The minimum absolute atomic E-state index is 0.165. The zero-order valence-electron chi connectivity index (χ0n) is 18.8. The third-order valence-corrected chi connectivity index (χ3v) is 9.37. The van der Waals surface area contributed by atoms with Gasteiger partial charge in [-0.3, -0.25) is 0 Å². The lowest BCUT2D eigenvalue weighted by molar-refractivity contribution is -0.00379. The number of hydrogen-bond donors (Lipinski definition) is 2. The van der Waals surface area contributed by atoms with E-state index in [1.807, 2.05) is 26.1 Å². The van der Waals surface area contributed by atoms with Gasteiger partial charge < -0.3 is 15.0 Å². The average molecular weight is 450 g/mol. The van der Waals surface area contributed by atoms with Crippen molar-refractivity contribution in [2.24, 2.45) is 11.8 Å². The molecule has 3 heterocycles. The Morgan fingerprint density at radius 3 is 2.48 bits per heavy atom. The molecular weight excluding hydrogens is 414 g/mol. The lowest BCUT2D eigenvalue weighted by Gasteiger charge is -2.38. The average Bonchev–Trinajstić information content (AvgIpc) is 3.22. The fourth-order valence-corrected chi connectivity index (χ4v) is 7.16. The molecule has 2 fully saturated rings. The molecule has 1 aliphatic carbocycles. The van der Waals surface area contributed by atoms with Crippen molar-refractivity contribution in [3.8, 4) is 0 Å². The van der Waals surface area contributed by atoms with Crippen LogP contribution in [0.25, 0.3) is 11.0 Å². The second-order valence-corrected chi connectivity index (χ2v) is 11.8. The second-order valence-electron chi connectivity index (χ2n) is 9.83. The number of anilines is 1. The fraction of sp³-hybridized carbons (Fsp3) is 0.727. The Hall–Kier alpha value is -1.71. The largest absolute Gasteiger partial charge is 0.390 e. The van der Waals surface area contributed by atoms with Gasteiger partial charge in [-0.25, -0.2) is 22.7 Å². The molecule has 9 heteroatoms. The van der Waals surface area contributed by atoms with Gasteiger partial charge in [0.2, 0.25) is 10.0 Å². The summed E-state index contributed by atoms with van der Waals surface area (Å²) in [7, 11) is -1.18. The molecule has 0 radical (unpaired) electrons. The van der Waals surface area contributed by atoms with E-state index in [1.54, 1.807) is 10.6 Å². The summed E-state index contributed by atoms with van der Waals surface area (Å²) in [5, 5.41) is 11.2. The highest BCUT2D eigenvalue weighted by atomic mass is 32.2. The smallest absolute Gasteiger partial charge is 0.214 e. The van der Waals surface area contributed by atoms with Crippen LogP contribution in [0.4, 0.5) is 5.82 Å². The Kier molecular flexibility index (Phi) is 6.29. The van der Waals surface area contributed by atoms with Crippen molar-refractivity contribution in [3.63, 3.8) is 0 Å². The molecule has 2 N–H and O–H groups in total. The molecule has 172 valence electrons. The van der Waals surface area contributed by atoms with Crippen LogP contribution < -0.4 is 4.90 Å². The summed E-state index contributed by atoms with van der Waals surface area (Å²) in [5.41, 5.74) is 0.0978. The van der Waals surface area contributed by atoms with Crippen molar-refractivity contribution < 1.29 is 13.5 Å². The quantitative estimate of drug-likeness (QED) is 0.703. The zero-order valence-corrected chi connectivity index (χ0v) is 19.6. The highest BCUT2D eigenvalue weighted by Crippen LogP contribution is 2.34. The maximum absolute atomic E-state index is 13.0. The minimum Gasteiger partial charge on any atom is -0.390 e. The van der Waals surface area contributed by atoms with Crippen LogP contribution in [0.2, 0.25) is 0 Å². The number of hydrogen-bond acceptors (Lipinski definition) is 6. The van der Waals surface area contributed by atoms with Gasteiger partial charge in [-0.1, -0.05) is 0 Å². The van der Waals surface area contributed by atoms with Crippen LogP contribution in [-0.4, -0.2) is 70.3 Å². The van der Waals surface area contributed by atoms with Crippen molar-refractivity contribution in [3.05, 3.63) is 18.6 Å². The summed E-state index contributed by atoms with van der Waals surface area (Å²) in [5.74, 6) is 1.54. The van der Waals surface area contributed by atoms with Gasteiger partial charge in [0.05, 0.1) is 16.7 Å². The van der Waals surface area contributed by atoms with Crippen molar-refractivity contribution in [1.82, 2.24) is 19.3 Å². The van der Waals surface area contributed by atoms with Gasteiger partial charge in [-0.05, 0) is 70.3 Å². The summed E-state index contributed by atoms with van der Waals surface area (Å²) < 4.78 is 27.6. The maximum Gasteiger partial charge on any atom is 0.214 e. The molecular formula is C22H35N5O3S. The van der Waals surface area contributed by atoms with Crippen LogP contribution in [0.15, 0.2) is 18.6 Å². The molecule has 1 aliphatic heterocycles. The van der Waals surface area contributed by atoms with Gasteiger partial charge in [0, 0.05) is 32.4 Å². The van der Waals surface area contributed by atoms with E-state index in [0.29, 0.717) is 19.1 Å². The Morgan fingerprint density at radius 1 is 1.16 bits per heavy atom. The monoisotopic (exact) mass is 449 g/mol. The molecule has 31 heavy (non-hydrogen) atoms. The number of H-pyrrole nitrogens is 1. The van der Waals surface area contributed by atoms with Crippen LogP contribution >= 0.6 is 0 Å². The number of sulfonamides is 1. The molecule has 1 saturated heterocycles. The first kappa shape index (κ1) is 22.5. The number of nitrogens with zero attached hydrogens (tertiary/aromatic N) is 4. The van der Waals surface area contributed by atoms with Gasteiger partial charge in [0.15, 0.2) is 0 Å². The molecule has 2 aromatic heterocycles. The van der Waals surface area contributed by atoms with Gasteiger partial charge >= 0.3 is 0 Å². The van der Waals surface area contributed by atoms with Crippen molar-refractivity contribution in [1.29, 1.82) is 0 Å². The van der Waals surface area contributed by atoms with E-state index in [1.165, 1.54) is 0 Å². The van der Waals surface area contributed by atoms with E-state index in [9.17, 15) is 13.5 Å². The fourth-order valence-electron chi connectivity index (χ4n) is 5.26. The van der Waals surface area contributed by atoms with Crippen LogP contribution in [-0.2, 0) is 10.0 Å². The first-order valence-corrected chi connectivity index (χ1v) is 13.0. The zero-order chi connectivity index (χ0) is 22.2. The standard InChI is InChI=1S/C22H35N5O3S/c1-22(2,28)17-9-12-27(13-10-17)31(29,30)14-16-4-6-18(7-5-16)26(3)21-19-8-11-23-20(19)24-15-25-21/h8,11,15-18,28H,4-7,9-10,12-14H2,1-3H3,(H,23,24,25). The molecule has 0 spiro atoms. The Morgan fingerprint density at radius 2 is 1.84 bits per heavy atom. The number of nitrogens with one attached hydrogen (secondary N) is 1. The number of aromatic amines is 1. The van der Waals surface area contributed by atoms with Gasteiger partial charge in [0.1, 0.15) is 17.8 Å². The van der Waals surface area contributed by atoms with Crippen LogP contribution in [0, 0.1) is 11.8 Å². The lowest BCUT2D eigenvalue weighted by atomic mass is 9.84. The normalized spacial score (nSPS) is 24.5. The summed E-state index contributed by atoms with van der Waals surface area (Å²) >= 11 is 0. The minimum atomic E-state index is -3.25. The summed E-state index contributed by atoms with van der Waals surface area (Å²) in [6, 6.07) is 2.36. The Balaban J connectivity index is 1.31. The first-order chi connectivity index (χ1) is 14.6. The molecule has 0 unspecified atom stereocenters. The number of aromatic nitrogens is 3. The van der Waals surface area contributed by atoms with E-state index >= 15 is 0 Å². The topological polar surface area (TPSA) is 102 Å². The van der Waals surface area contributed by atoms with Crippen LogP contribution in [0.5, 0.6) is 0 Å². The Labute approximate surface area is 185 Å². The molecule has 0 bridgehead atoms. The third-order valence-electron chi connectivity index (χ3n) is 7.32. The van der Waals surface area contributed by atoms with Crippen molar-refractivity contribution >= 4 is 26.9 Å². The third kappa shape index (κ3) is 4.88.